The Kier molecular flexibility index (Phi) is 4.42. The van der Waals surface area contributed by atoms with Gasteiger partial charge in [0.15, 0.2) is 11.5 Å². The molecule has 0 saturated heterocycles. The van der Waals surface area contributed by atoms with Gasteiger partial charge >= 0.3 is 0 Å². The molecular formula is C31H21N3O. The number of nitrogens with zero attached hydrogens (tertiary/aromatic N) is 3. The van der Waals surface area contributed by atoms with Crippen LogP contribution in [0.5, 0.6) is 11.5 Å². The van der Waals surface area contributed by atoms with Crippen molar-refractivity contribution in [2.45, 2.75) is 0 Å². The second-order valence-electron chi connectivity index (χ2n) is 8.51. The second kappa shape index (κ2) is 7.89. The van der Waals surface area contributed by atoms with Crippen molar-refractivity contribution in [2.24, 2.45) is 0 Å². The van der Waals surface area contributed by atoms with Crippen molar-refractivity contribution in [3.05, 3.63) is 127 Å². The topological polar surface area (TPSA) is 30.3 Å². The zero-order valence-corrected chi connectivity index (χ0v) is 18.9. The monoisotopic (exact) mass is 451 g/mol. The van der Waals surface area contributed by atoms with Gasteiger partial charge in [0.2, 0.25) is 0 Å². The predicted molar refractivity (Wildman–Crippen MR) is 141 cm³/mol. The van der Waals surface area contributed by atoms with Crippen molar-refractivity contribution in [3.63, 3.8) is 0 Å². The molecule has 1 aliphatic heterocycles. The van der Waals surface area contributed by atoms with Crippen LogP contribution in [0.4, 0.5) is 17.1 Å². The highest BCUT2D eigenvalue weighted by molar-refractivity contribution is 5.87. The fraction of sp³-hybridized carbons (Fsp3) is 0. The molecule has 0 atom stereocenters. The van der Waals surface area contributed by atoms with Gasteiger partial charge in [-0.25, -0.2) is 4.98 Å². The molecule has 35 heavy (non-hydrogen) atoms. The van der Waals surface area contributed by atoms with Crippen molar-refractivity contribution >= 4 is 28.1 Å². The van der Waals surface area contributed by atoms with Crippen LogP contribution in [-0.4, -0.2) is 9.55 Å². The summed E-state index contributed by atoms with van der Waals surface area (Å²) in [5, 5.41) is 0. The first-order chi connectivity index (χ1) is 17.4. The number of aromatic nitrogens is 2. The summed E-state index contributed by atoms with van der Waals surface area (Å²) in [4.78, 5) is 7.25. The van der Waals surface area contributed by atoms with Crippen LogP contribution in [0.25, 0.3) is 28.1 Å². The van der Waals surface area contributed by atoms with E-state index in [1.807, 2.05) is 48.5 Å². The van der Waals surface area contributed by atoms with Gasteiger partial charge in [-0.1, -0.05) is 54.6 Å². The minimum atomic E-state index is 0.848. The van der Waals surface area contributed by atoms with Gasteiger partial charge in [0.1, 0.15) is 5.82 Å². The summed E-state index contributed by atoms with van der Waals surface area (Å²) >= 11 is 0. The van der Waals surface area contributed by atoms with Crippen molar-refractivity contribution in [1.82, 2.24) is 9.55 Å². The minimum Gasteiger partial charge on any atom is -0.453 e. The fourth-order valence-electron chi connectivity index (χ4n) is 4.80. The number of ether oxygens (including phenoxy) is 1. The van der Waals surface area contributed by atoms with Crippen LogP contribution in [0.1, 0.15) is 0 Å². The normalized spacial score (nSPS) is 12.2. The third-order valence-corrected chi connectivity index (χ3v) is 6.39. The zero-order valence-electron chi connectivity index (χ0n) is 18.9. The Morgan fingerprint density at radius 2 is 1.11 bits per heavy atom. The van der Waals surface area contributed by atoms with Gasteiger partial charge < -0.3 is 9.64 Å². The molecule has 0 fully saturated rings. The number of imidazole rings is 1. The van der Waals surface area contributed by atoms with Gasteiger partial charge in [-0.05, 0) is 72.8 Å². The molecule has 4 nitrogen and oxygen atoms in total. The second-order valence-corrected chi connectivity index (χ2v) is 8.51. The first-order valence-corrected chi connectivity index (χ1v) is 11.7. The largest absolute Gasteiger partial charge is 0.453 e. The van der Waals surface area contributed by atoms with Crippen LogP contribution in [0.2, 0.25) is 0 Å². The Labute approximate surface area is 203 Å². The van der Waals surface area contributed by atoms with Crippen LogP contribution in [0.3, 0.4) is 0 Å². The molecule has 4 heteroatoms. The lowest BCUT2D eigenvalue weighted by Crippen LogP contribution is -2.15. The number of anilines is 3. The minimum absolute atomic E-state index is 0.848. The third kappa shape index (κ3) is 3.19. The maximum Gasteiger partial charge on any atom is 0.151 e. The summed E-state index contributed by atoms with van der Waals surface area (Å²) in [6.45, 7) is 0. The summed E-state index contributed by atoms with van der Waals surface area (Å²) in [6, 6.07) is 43.6. The molecule has 166 valence electrons. The molecule has 5 aromatic carbocycles. The zero-order chi connectivity index (χ0) is 23.2. The smallest absolute Gasteiger partial charge is 0.151 e. The van der Waals surface area contributed by atoms with E-state index in [1.54, 1.807) is 0 Å². The van der Waals surface area contributed by atoms with E-state index < -0.39 is 0 Å². The maximum absolute atomic E-state index is 6.17. The summed E-state index contributed by atoms with van der Waals surface area (Å²) in [7, 11) is 0. The van der Waals surface area contributed by atoms with E-state index >= 15 is 0 Å². The van der Waals surface area contributed by atoms with E-state index in [9.17, 15) is 0 Å². The van der Waals surface area contributed by atoms with E-state index in [0.717, 1.165) is 56.7 Å². The molecule has 6 aromatic rings. The lowest BCUT2D eigenvalue weighted by Gasteiger charge is -2.32. The molecule has 0 bridgehead atoms. The van der Waals surface area contributed by atoms with Crippen molar-refractivity contribution in [1.29, 1.82) is 0 Å². The van der Waals surface area contributed by atoms with Gasteiger partial charge in [0.05, 0.1) is 22.4 Å². The summed E-state index contributed by atoms with van der Waals surface area (Å²) in [5.74, 6) is 2.62. The highest BCUT2D eigenvalue weighted by Crippen LogP contribution is 2.50. The average molecular weight is 452 g/mol. The lowest BCUT2D eigenvalue weighted by atomic mass is 10.1. The Morgan fingerprint density at radius 3 is 1.83 bits per heavy atom. The van der Waals surface area contributed by atoms with E-state index in [2.05, 4.69) is 88.3 Å². The van der Waals surface area contributed by atoms with Crippen molar-refractivity contribution in [3.8, 4) is 28.6 Å². The van der Waals surface area contributed by atoms with Crippen LogP contribution in [0.15, 0.2) is 127 Å². The van der Waals surface area contributed by atoms with Gasteiger partial charge in [-0.15, -0.1) is 0 Å². The number of para-hydroxylation sites is 7. The van der Waals surface area contributed by atoms with E-state index in [0.29, 0.717) is 0 Å². The average Bonchev–Trinajstić information content (AvgIpc) is 3.32. The van der Waals surface area contributed by atoms with E-state index in [-0.39, 0.29) is 0 Å². The van der Waals surface area contributed by atoms with E-state index in [1.165, 1.54) is 0 Å². The highest BCUT2D eigenvalue weighted by atomic mass is 16.5. The molecule has 2 heterocycles. The Bertz CT molecular complexity index is 1620. The molecule has 0 amide bonds. The number of hydrogen-bond acceptors (Lipinski definition) is 3. The molecule has 7 rings (SSSR count). The number of fused-ring (bicyclic) bond motifs is 3. The van der Waals surface area contributed by atoms with Gasteiger partial charge in [0.25, 0.3) is 0 Å². The maximum atomic E-state index is 6.17. The first-order valence-electron chi connectivity index (χ1n) is 11.7. The molecule has 0 unspecified atom stereocenters. The molecular weight excluding hydrogens is 430 g/mol. The predicted octanol–water partition coefficient (Wildman–Crippen LogP) is 8.27. The fourth-order valence-corrected chi connectivity index (χ4v) is 4.80. The van der Waals surface area contributed by atoms with Crippen LogP contribution >= 0.6 is 0 Å². The summed E-state index contributed by atoms with van der Waals surface area (Å²) in [6.07, 6.45) is 0. The standard InChI is InChI=1S/C31H21N3O/c1-2-10-23(11-3-1)34-26-13-5-4-12-25(26)32-31(34)22-18-20-24(21-19-22)33-27-14-6-8-16-29(27)35-30-17-9-7-15-28(30)33/h1-21H. The highest BCUT2D eigenvalue weighted by Gasteiger charge is 2.25. The van der Waals surface area contributed by atoms with Gasteiger partial charge in [0, 0.05) is 16.9 Å². The van der Waals surface area contributed by atoms with Crippen LogP contribution < -0.4 is 9.64 Å². The van der Waals surface area contributed by atoms with Gasteiger partial charge in [-0.2, -0.15) is 0 Å². The number of benzene rings is 5. The molecule has 0 spiro atoms. The summed E-state index contributed by atoms with van der Waals surface area (Å²) in [5.41, 5.74) is 7.34. The Balaban J connectivity index is 1.37. The van der Waals surface area contributed by atoms with Gasteiger partial charge in [-0.3, -0.25) is 4.57 Å². The molecule has 0 radical (unpaired) electrons. The third-order valence-electron chi connectivity index (χ3n) is 6.39. The number of hydrogen-bond donors (Lipinski definition) is 0. The quantitative estimate of drug-likeness (QED) is 0.271. The Morgan fingerprint density at radius 1 is 0.514 bits per heavy atom. The molecule has 1 aliphatic rings. The Hall–Kier alpha value is -4.83. The lowest BCUT2D eigenvalue weighted by molar-refractivity contribution is 0.477. The van der Waals surface area contributed by atoms with Crippen molar-refractivity contribution < 1.29 is 4.74 Å². The van der Waals surface area contributed by atoms with Crippen molar-refractivity contribution in [2.75, 3.05) is 4.90 Å². The first kappa shape index (κ1) is 19.6. The van der Waals surface area contributed by atoms with E-state index in [4.69, 9.17) is 9.72 Å². The molecule has 0 aliphatic carbocycles. The molecule has 0 N–H and O–H groups in total. The van der Waals surface area contributed by atoms with Crippen LogP contribution in [0, 0.1) is 0 Å². The summed E-state index contributed by atoms with van der Waals surface area (Å²) < 4.78 is 8.39. The van der Waals surface area contributed by atoms with Crippen LogP contribution in [-0.2, 0) is 0 Å². The number of rotatable bonds is 3. The molecule has 0 saturated carbocycles. The SMILES string of the molecule is c1ccc(-n2c(-c3ccc(N4c5ccccc5Oc5ccccc54)cc3)nc3ccccc32)cc1. The molecule has 1 aromatic heterocycles.